The Morgan fingerprint density at radius 2 is 2.07 bits per heavy atom. The number of carbonyl (C=O) groups is 1. The van der Waals surface area contributed by atoms with E-state index in [4.69, 9.17) is 0 Å². The van der Waals surface area contributed by atoms with Gasteiger partial charge in [0, 0.05) is 35.5 Å². The minimum atomic E-state index is -0.0653. The zero-order valence-corrected chi connectivity index (χ0v) is 16.5. The molecule has 1 fully saturated rings. The number of rotatable bonds is 6. The van der Waals surface area contributed by atoms with Gasteiger partial charge in [0.1, 0.15) is 6.33 Å². The maximum absolute atomic E-state index is 11.9. The Hall–Kier alpha value is -3.81. The van der Waals surface area contributed by atoms with E-state index in [2.05, 4.69) is 47.9 Å². The van der Waals surface area contributed by atoms with Gasteiger partial charge in [0.15, 0.2) is 5.82 Å². The topological polar surface area (TPSA) is 108 Å². The van der Waals surface area contributed by atoms with Gasteiger partial charge < -0.3 is 10.6 Å². The molecule has 8 heteroatoms. The van der Waals surface area contributed by atoms with Gasteiger partial charge in [-0.1, -0.05) is 18.2 Å². The van der Waals surface area contributed by atoms with Crippen LogP contribution in [0.1, 0.15) is 24.8 Å². The van der Waals surface area contributed by atoms with Crippen molar-refractivity contribution in [1.29, 1.82) is 0 Å². The molecule has 1 amide bonds. The van der Waals surface area contributed by atoms with Crippen molar-refractivity contribution < 1.29 is 4.79 Å². The van der Waals surface area contributed by atoms with Crippen LogP contribution in [-0.2, 0) is 10.2 Å². The molecule has 8 nitrogen and oxygen atoms in total. The zero-order valence-electron chi connectivity index (χ0n) is 16.5. The molecular weight excluding hydrogens is 378 g/mol. The average Bonchev–Trinajstić information content (AvgIpc) is 3.41. The largest absolute Gasteiger partial charge is 0.359 e. The van der Waals surface area contributed by atoms with Crippen molar-refractivity contribution in [3.63, 3.8) is 0 Å². The fourth-order valence-electron chi connectivity index (χ4n) is 3.75. The molecule has 0 spiro atoms. The number of aromatic nitrogens is 5. The van der Waals surface area contributed by atoms with E-state index in [-0.39, 0.29) is 11.3 Å². The highest BCUT2D eigenvalue weighted by Gasteiger charge is 2.45. The maximum Gasteiger partial charge on any atom is 0.230 e. The Kier molecular flexibility index (Phi) is 4.39. The first-order valence-electron chi connectivity index (χ1n) is 9.86. The van der Waals surface area contributed by atoms with Gasteiger partial charge in [-0.3, -0.25) is 9.89 Å². The van der Waals surface area contributed by atoms with Crippen LogP contribution in [0.4, 0.5) is 11.6 Å². The molecule has 1 saturated carbocycles. The van der Waals surface area contributed by atoms with Crippen molar-refractivity contribution in [1.82, 2.24) is 30.5 Å². The lowest BCUT2D eigenvalue weighted by Crippen LogP contribution is -2.23. The minimum Gasteiger partial charge on any atom is -0.359 e. The molecule has 0 unspecified atom stereocenters. The van der Waals surface area contributed by atoms with Gasteiger partial charge in [0.2, 0.25) is 11.9 Å². The van der Waals surface area contributed by atoms with Gasteiger partial charge in [-0.15, -0.1) is 0 Å². The molecule has 1 aliphatic carbocycles. The molecular formula is C22H21N7O. The van der Waals surface area contributed by atoms with Crippen molar-refractivity contribution in [2.24, 2.45) is 0 Å². The van der Waals surface area contributed by atoms with E-state index in [1.165, 1.54) is 6.33 Å². The lowest BCUT2D eigenvalue weighted by Gasteiger charge is -2.15. The lowest BCUT2D eigenvalue weighted by molar-refractivity contribution is -0.121. The Labute approximate surface area is 173 Å². The number of nitrogens with one attached hydrogen (secondary N) is 3. The predicted octanol–water partition coefficient (Wildman–Crippen LogP) is 3.33. The third-order valence-electron chi connectivity index (χ3n) is 5.63. The number of benzene rings is 2. The molecule has 2 aromatic heterocycles. The number of nitrogens with zero attached hydrogens (tertiary/aromatic N) is 4. The van der Waals surface area contributed by atoms with Gasteiger partial charge in [-0.05, 0) is 42.7 Å². The van der Waals surface area contributed by atoms with Gasteiger partial charge in [0.05, 0.1) is 11.7 Å². The Bertz CT molecular complexity index is 1230. The number of aromatic amines is 1. The van der Waals surface area contributed by atoms with E-state index in [0.717, 1.165) is 40.6 Å². The van der Waals surface area contributed by atoms with Crippen LogP contribution in [0.2, 0.25) is 0 Å². The summed E-state index contributed by atoms with van der Waals surface area (Å²) >= 11 is 0. The second kappa shape index (κ2) is 7.22. The number of hydrogen-bond acceptors (Lipinski definition) is 6. The number of hydrogen-bond donors (Lipinski definition) is 3. The van der Waals surface area contributed by atoms with Crippen LogP contribution in [0.25, 0.3) is 22.3 Å². The van der Waals surface area contributed by atoms with E-state index in [1.807, 2.05) is 30.3 Å². The molecule has 2 heterocycles. The van der Waals surface area contributed by atoms with E-state index in [9.17, 15) is 4.79 Å². The van der Waals surface area contributed by atoms with E-state index in [1.54, 1.807) is 13.2 Å². The molecule has 0 aliphatic heterocycles. The summed E-state index contributed by atoms with van der Waals surface area (Å²) in [6, 6.07) is 14.0. The van der Waals surface area contributed by atoms with E-state index in [0.29, 0.717) is 18.2 Å². The van der Waals surface area contributed by atoms with Gasteiger partial charge >= 0.3 is 0 Å². The van der Waals surface area contributed by atoms with Gasteiger partial charge in [-0.2, -0.15) is 10.1 Å². The molecule has 5 rings (SSSR count). The summed E-state index contributed by atoms with van der Waals surface area (Å²) in [5.74, 6) is 1.13. The van der Waals surface area contributed by atoms with Crippen LogP contribution in [-0.4, -0.2) is 38.1 Å². The number of anilines is 2. The average molecular weight is 399 g/mol. The smallest absolute Gasteiger partial charge is 0.230 e. The summed E-state index contributed by atoms with van der Waals surface area (Å²) in [5, 5.41) is 13.9. The second-order valence-electron chi connectivity index (χ2n) is 7.64. The van der Waals surface area contributed by atoms with Crippen molar-refractivity contribution in [3.8, 4) is 11.4 Å². The van der Waals surface area contributed by atoms with Crippen LogP contribution < -0.4 is 10.6 Å². The Morgan fingerprint density at radius 3 is 2.90 bits per heavy atom. The van der Waals surface area contributed by atoms with Crippen molar-refractivity contribution in [2.75, 3.05) is 12.4 Å². The zero-order chi connectivity index (χ0) is 20.6. The van der Waals surface area contributed by atoms with Crippen LogP contribution >= 0.6 is 0 Å². The first-order valence-corrected chi connectivity index (χ1v) is 9.86. The lowest BCUT2D eigenvalue weighted by atomic mass is 9.90. The highest BCUT2D eigenvalue weighted by molar-refractivity contribution is 5.82. The van der Waals surface area contributed by atoms with Crippen LogP contribution in [0, 0.1) is 0 Å². The monoisotopic (exact) mass is 399 g/mol. The van der Waals surface area contributed by atoms with Crippen LogP contribution in [0.5, 0.6) is 0 Å². The highest BCUT2D eigenvalue weighted by atomic mass is 16.1. The Balaban J connectivity index is 1.41. The summed E-state index contributed by atoms with van der Waals surface area (Å²) in [6.45, 7) is 0. The third-order valence-corrected chi connectivity index (χ3v) is 5.63. The summed E-state index contributed by atoms with van der Waals surface area (Å²) in [5.41, 5.74) is 3.84. The number of amides is 1. The fourth-order valence-corrected chi connectivity index (χ4v) is 3.75. The summed E-state index contributed by atoms with van der Waals surface area (Å²) < 4.78 is 0. The number of H-pyrrole nitrogens is 1. The molecule has 0 bridgehead atoms. The molecule has 1 aliphatic rings. The molecule has 0 saturated heterocycles. The molecule has 30 heavy (non-hydrogen) atoms. The molecule has 3 N–H and O–H groups in total. The first-order chi connectivity index (χ1) is 14.6. The predicted molar refractivity (Wildman–Crippen MR) is 114 cm³/mol. The first kappa shape index (κ1) is 18.2. The summed E-state index contributed by atoms with van der Waals surface area (Å²) in [7, 11) is 1.68. The van der Waals surface area contributed by atoms with Crippen molar-refractivity contribution in [3.05, 3.63) is 60.6 Å². The summed E-state index contributed by atoms with van der Waals surface area (Å²) in [4.78, 5) is 25.1. The van der Waals surface area contributed by atoms with Crippen LogP contribution in [0.3, 0.4) is 0 Å². The minimum absolute atomic E-state index is 0.0653. The second-order valence-corrected chi connectivity index (χ2v) is 7.64. The fraction of sp³-hybridized carbons (Fsp3) is 0.227. The van der Waals surface area contributed by atoms with Gasteiger partial charge in [-0.25, -0.2) is 9.97 Å². The Morgan fingerprint density at radius 1 is 1.17 bits per heavy atom. The number of carbonyl (C=O) groups excluding carboxylic acids is 1. The quantitative estimate of drug-likeness (QED) is 0.459. The van der Waals surface area contributed by atoms with Crippen molar-refractivity contribution in [2.45, 2.75) is 24.7 Å². The molecule has 2 aromatic carbocycles. The normalized spacial score (nSPS) is 14.4. The molecule has 150 valence electrons. The highest BCUT2D eigenvalue weighted by Crippen LogP contribution is 2.51. The van der Waals surface area contributed by atoms with Crippen molar-refractivity contribution >= 4 is 28.4 Å². The molecule has 0 radical (unpaired) electrons. The van der Waals surface area contributed by atoms with E-state index >= 15 is 0 Å². The maximum atomic E-state index is 11.9. The SMILES string of the molecule is CNC(=O)CC1(c2cccc(-c3ncnc(Nc4ccc5[nH]ncc5c4)n3)c2)CC1. The number of fused-ring (bicyclic) bond motifs is 1. The van der Waals surface area contributed by atoms with E-state index < -0.39 is 0 Å². The van der Waals surface area contributed by atoms with Crippen LogP contribution in [0.15, 0.2) is 55.0 Å². The molecule has 4 aromatic rings. The third kappa shape index (κ3) is 3.47. The molecule has 0 atom stereocenters. The standard InChI is InChI=1S/C22H21N7O/c1-23-19(30)11-22(7-8-22)16-4-2-3-14(9-16)20-24-13-25-21(28-20)27-17-5-6-18-15(10-17)12-26-29-18/h2-6,9-10,12-13H,7-8,11H2,1H3,(H,23,30)(H,26,29)(H,24,25,27,28). The van der Waals surface area contributed by atoms with Gasteiger partial charge in [0.25, 0.3) is 0 Å². The summed E-state index contributed by atoms with van der Waals surface area (Å²) in [6.07, 6.45) is 5.82.